The normalized spacial score (nSPS) is 15.7. The highest BCUT2D eigenvalue weighted by Gasteiger charge is 2.22. The molecule has 1 amide bonds. The van der Waals surface area contributed by atoms with Gasteiger partial charge in [-0.15, -0.1) is 0 Å². The maximum absolute atomic E-state index is 13.1. The molecule has 1 aliphatic heterocycles. The van der Waals surface area contributed by atoms with Crippen LogP contribution >= 0.6 is 0 Å². The Kier molecular flexibility index (Phi) is 5.03. The lowest BCUT2D eigenvalue weighted by Gasteiger charge is -2.25. The number of fused-ring (bicyclic) bond motifs is 1. The van der Waals surface area contributed by atoms with Crippen molar-refractivity contribution in [3.63, 3.8) is 0 Å². The lowest BCUT2D eigenvalue weighted by Crippen LogP contribution is -2.37. The molecule has 1 aliphatic rings. The molecule has 2 aromatic carbocycles. The van der Waals surface area contributed by atoms with Crippen LogP contribution in [0.2, 0.25) is 0 Å². The number of benzene rings is 2. The summed E-state index contributed by atoms with van der Waals surface area (Å²) in [5.74, 6) is -0.217. The number of H-pyrrole nitrogens is 1. The fraction of sp³-hybridized carbons (Fsp3) is 0.273. The maximum Gasteiger partial charge on any atom is 0.252 e. The molecule has 3 aromatic rings. The number of para-hydroxylation sites is 1. The summed E-state index contributed by atoms with van der Waals surface area (Å²) in [6.45, 7) is 2.90. The minimum atomic E-state index is -0.269. The second-order valence-electron chi connectivity index (χ2n) is 7.04. The third-order valence-electron chi connectivity index (χ3n) is 5.14. The van der Waals surface area contributed by atoms with Crippen molar-refractivity contribution in [2.75, 3.05) is 19.6 Å². The van der Waals surface area contributed by atoms with Crippen LogP contribution in [-0.2, 0) is 0 Å². The number of carbonyl (C=O) groups excluding carboxylic acids is 1. The van der Waals surface area contributed by atoms with Gasteiger partial charge in [0.25, 0.3) is 5.91 Å². The van der Waals surface area contributed by atoms with Crippen molar-refractivity contribution in [2.45, 2.75) is 18.9 Å². The molecule has 1 aromatic heterocycles. The molecular formula is C22H23N3O2. The second-order valence-corrected chi connectivity index (χ2v) is 7.04. The van der Waals surface area contributed by atoms with Gasteiger partial charge in [0.05, 0.1) is 11.6 Å². The van der Waals surface area contributed by atoms with Crippen molar-refractivity contribution in [1.82, 2.24) is 15.2 Å². The van der Waals surface area contributed by atoms with Gasteiger partial charge in [-0.1, -0.05) is 48.5 Å². The molecule has 1 saturated heterocycles. The van der Waals surface area contributed by atoms with Gasteiger partial charge in [0.2, 0.25) is 5.56 Å². The van der Waals surface area contributed by atoms with Gasteiger partial charge in [-0.05, 0) is 37.6 Å². The number of amides is 1. The van der Waals surface area contributed by atoms with Gasteiger partial charge in [-0.2, -0.15) is 0 Å². The monoisotopic (exact) mass is 361 g/mol. The highest BCUT2D eigenvalue weighted by molar-refractivity contribution is 6.06. The first-order valence-electron chi connectivity index (χ1n) is 9.41. The van der Waals surface area contributed by atoms with Crippen LogP contribution in [0.1, 0.15) is 34.8 Å². The number of aromatic amines is 1. The zero-order chi connectivity index (χ0) is 18.6. The molecule has 138 valence electrons. The highest BCUT2D eigenvalue weighted by Crippen LogP contribution is 2.20. The molecule has 27 heavy (non-hydrogen) atoms. The molecule has 1 atom stereocenters. The Labute approximate surface area is 158 Å². The van der Waals surface area contributed by atoms with Crippen LogP contribution in [0.3, 0.4) is 0 Å². The van der Waals surface area contributed by atoms with Crippen molar-refractivity contribution >= 4 is 16.8 Å². The van der Waals surface area contributed by atoms with Crippen molar-refractivity contribution in [3.8, 4) is 0 Å². The van der Waals surface area contributed by atoms with E-state index in [1.165, 1.54) is 18.9 Å². The van der Waals surface area contributed by atoms with E-state index in [9.17, 15) is 9.59 Å². The van der Waals surface area contributed by atoms with Gasteiger partial charge in [0, 0.05) is 23.5 Å². The van der Waals surface area contributed by atoms with Gasteiger partial charge < -0.3 is 15.2 Å². The fourth-order valence-corrected chi connectivity index (χ4v) is 3.77. The van der Waals surface area contributed by atoms with Gasteiger partial charge in [-0.3, -0.25) is 9.59 Å². The largest absolute Gasteiger partial charge is 0.344 e. The minimum absolute atomic E-state index is 0.116. The number of hydrogen-bond donors (Lipinski definition) is 2. The van der Waals surface area contributed by atoms with Gasteiger partial charge >= 0.3 is 0 Å². The Morgan fingerprint density at radius 1 is 1.04 bits per heavy atom. The molecule has 2 heterocycles. The number of hydrogen-bond acceptors (Lipinski definition) is 3. The van der Waals surface area contributed by atoms with Crippen LogP contribution in [0.4, 0.5) is 0 Å². The Bertz CT molecular complexity index is 991. The van der Waals surface area contributed by atoms with Crippen LogP contribution in [0.5, 0.6) is 0 Å². The van der Waals surface area contributed by atoms with Crippen LogP contribution in [-0.4, -0.2) is 35.4 Å². The molecule has 0 bridgehead atoms. The van der Waals surface area contributed by atoms with Crippen molar-refractivity contribution in [2.24, 2.45) is 0 Å². The van der Waals surface area contributed by atoms with E-state index in [0.717, 1.165) is 30.6 Å². The summed E-state index contributed by atoms with van der Waals surface area (Å²) >= 11 is 0. The maximum atomic E-state index is 13.1. The molecule has 0 unspecified atom stereocenters. The molecule has 4 rings (SSSR count). The average Bonchev–Trinajstić information content (AvgIpc) is 3.20. The SMILES string of the molecule is O=C(N[C@@H](CN1CCCC1)c1ccccc1)c1cc(=O)[nH]c2ccccc12. The predicted molar refractivity (Wildman–Crippen MR) is 107 cm³/mol. The second kappa shape index (κ2) is 7.76. The van der Waals surface area contributed by atoms with E-state index in [4.69, 9.17) is 0 Å². The standard InChI is InChI=1S/C22H23N3O2/c26-21-14-18(17-10-4-5-11-19(17)23-21)22(27)24-20(15-25-12-6-7-13-25)16-8-2-1-3-9-16/h1-5,8-11,14,20H,6-7,12-13,15H2,(H,23,26)(H,24,27)/t20-/m0/s1. The Hall–Kier alpha value is -2.92. The van der Waals surface area contributed by atoms with Gasteiger partial charge in [0.15, 0.2) is 0 Å². The van der Waals surface area contributed by atoms with E-state index < -0.39 is 0 Å². The topological polar surface area (TPSA) is 65.2 Å². The van der Waals surface area contributed by atoms with E-state index in [1.54, 1.807) is 0 Å². The van der Waals surface area contributed by atoms with E-state index in [0.29, 0.717) is 11.1 Å². The number of rotatable bonds is 5. The van der Waals surface area contributed by atoms with E-state index in [2.05, 4.69) is 15.2 Å². The van der Waals surface area contributed by atoms with Gasteiger partial charge in [0.1, 0.15) is 0 Å². The summed E-state index contributed by atoms with van der Waals surface area (Å²) in [6.07, 6.45) is 2.41. The summed E-state index contributed by atoms with van der Waals surface area (Å²) in [7, 11) is 0. The average molecular weight is 361 g/mol. The van der Waals surface area contributed by atoms with Gasteiger partial charge in [-0.25, -0.2) is 0 Å². The number of carbonyl (C=O) groups is 1. The lowest BCUT2D eigenvalue weighted by atomic mass is 10.0. The summed E-state index contributed by atoms with van der Waals surface area (Å²) in [5.41, 5.74) is 1.89. The number of aromatic nitrogens is 1. The van der Waals surface area contributed by atoms with E-state index in [1.807, 2.05) is 54.6 Å². The lowest BCUT2D eigenvalue weighted by molar-refractivity contribution is 0.0928. The Morgan fingerprint density at radius 3 is 2.52 bits per heavy atom. The molecule has 0 aliphatic carbocycles. The fourth-order valence-electron chi connectivity index (χ4n) is 3.77. The summed E-state index contributed by atoms with van der Waals surface area (Å²) in [5, 5.41) is 3.91. The molecule has 5 nitrogen and oxygen atoms in total. The molecular weight excluding hydrogens is 338 g/mol. The quantitative estimate of drug-likeness (QED) is 0.734. The first-order chi connectivity index (χ1) is 13.2. The number of nitrogens with zero attached hydrogens (tertiary/aromatic N) is 1. The molecule has 0 radical (unpaired) electrons. The summed E-state index contributed by atoms with van der Waals surface area (Å²) in [4.78, 5) is 30.3. The molecule has 5 heteroatoms. The zero-order valence-electron chi connectivity index (χ0n) is 15.2. The Morgan fingerprint density at radius 2 is 1.74 bits per heavy atom. The zero-order valence-corrected chi connectivity index (χ0v) is 15.2. The van der Waals surface area contributed by atoms with Crippen LogP contribution in [0.25, 0.3) is 10.9 Å². The van der Waals surface area contributed by atoms with Crippen molar-refractivity contribution in [1.29, 1.82) is 0 Å². The number of pyridine rings is 1. The van der Waals surface area contributed by atoms with Crippen molar-refractivity contribution in [3.05, 3.63) is 82.1 Å². The molecule has 0 saturated carbocycles. The summed E-state index contributed by atoms with van der Waals surface area (Å²) < 4.78 is 0. The minimum Gasteiger partial charge on any atom is -0.344 e. The third-order valence-corrected chi connectivity index (χ3v) is 5.14. The van der Waals surface area contributed by atoms with Crippen LogP contribution < -0.4 is 10.9 Å². The molecule has 0 spiro atoms. The van der Waals surface area contributed by atoms with E-state index >= 15 is 0 Å². The first kappa shape index (κ1) is 17.5. The smallest absolute Gasteiger partial charge is 0.252 e. The first-order valence-corrected chi connectivity index (χ1v) is 9.41. The van der Waals surface area contributed by atoms with Crippen molar-refractivity contribution < 1.29 is 4.79 Å². The van der Waals surface area contributed by atoms with Crippen LogP contribution in [0, 0.1) is 0 Å². The van der Waals surface area contributed by atoms with Crippen LogP contribution in [0.15, 0.2) is 65.5 Å². The number of likely N-dealkylation sites (tertiary alicyclic amines) is 1. The molecule has 1 fully saturated rings. The molecule has 2 N–H and O–H groups in total. The third kappa shape index (κ3) is 3.93. The van der Waals surface area contributed by atoms with E-state index in [-0.39, 0.29) is 17.5 Å². The predicted octanol–water partition coefficient (Wildman–Crippen LogP) is 3.10. The Balaban J connectivity index is 1.64. The number of nitrogens with one attached hydrogen (secondary N) is 2. The highest BCUT2D eigenvalue weighted by atomic mass is 16.2. The summed E-state index contributed by atoms with van der Waals surface area (Å²) in [6, 6.07) is 18.7.